The number of hydrogen-bond donors (Lipinski definition) is 1. The Morgan fingerprint density at radius 2 is 2.00 bits per heavy atom. The lowest BCUT2D eigenvalue weighted by Crippen LogP contribution is -2.25. The van der Waals surface area contributed by atoms with Gasteiger partial charge in [-0.2, -0.15) is 0 Å². The Morgan fingerprint density at radius 3 is 2.63 bits per heavy atom. The Bertz CT molecular complexity index is 387. The van der Waals surface area contributed by atoms with Crippen molar-refractivity contribution < 1.29 is 0 Å². The highest BCUT2D eigenvalue weighted by Gasteiger charge is 2.14. The lowest BCUT2D eigenvalue weighted by molar-refractivity contribution is 0.673. The number of nitrogens with zero attached hydrogens (tertiary/aromatic N) is 2. The van der Waals surface area contributed by atoms with Crippen LogP contribution >= 0.6 is 11.6 Å². The van der Waals surface area contributed by atoms with Crippen LogP contribution in [0.15, 0.2) is 12.3 Å². The maximum absolute atomic E-state index is 6.40. The molecule has 0 amide bonds. The molecule has 0 spiro atoms. The van der Waals surface area contributed by atoms with Gasteiger partial charge in [0.05, 0.1) is 5.02 Å². The van der Waals surface area contributed by atoms with Gasteiger partial charge in [0.2, 0.25) is 0 Å². The van der Waals surface area contributed by atoms with Crippen molar-refractivity contribution in [3.8, 4) is 0 Å². The van der Waals surface area contributed by atoms with Gasteiger partial charge in [0.25, 0.3) is 0 Å². The molecule has 1 fully saturated rings. The summed E-state index contributed by atoms with van der Waals surface area (Å²) < 4.78 is 0. The van der Waals surface area contributed by atoms with Gasteiger partial charge in [0, 0.05) is 25.8 Å². The number of halogens is 1. The van der Waals surface area contributed by atoms with Crippen LogP contribution in [0, 0.1) is 0 Å². The molecule has 0 radical (unpaired) electrons. The fourth-order valence-electron chi connectivity index (χ4n) is 2.49. The minimum absolute atomic E-state index is 0.790. The molecule has 1 aromatic rings. The third kappa shape index (κ3) is 4.36. The molecule has 0 atom stereocenters. The second-order valence-corrected chi connectivity index (χ2v) is 5.63. The lowest BCUT2D eigenvalue weighted by Gasteiger charge is -2.22. The summed E-state index contributed by atoms with van der Waals surface area (Å²) in [6.45, 7) is 6.22. The SMILES string of the molecule is CCCNCc1cnc(N2CCCCCC2)c(Cl)c1. The summed E-state index contributed by atoms with van der Waals surface area (Å²) in [6, 6.07) is 2.05. The van der Waals surface area contributed by atoms with Gasteiger partial charge in [-0.1, -0.05) is 31.4 Å². The van der Waals surface area contributed by atoms with E-state index >= 15 is 0 Å². The molecule has 0 aliphatic carbocycles. The van der Waals surface area contributed by atoms with Gasteiger partial charge in [0.15, 0.2) is 0 Å². The summed E-state index contributed by atoms with van der Waals surface area (Å²) in [7, 11) is 0. The third-order valence-electron chi connectivity index (χ3n) is 3.54. The van der Waals surface area contributed by atoms with E-state index in [4.69, 9.17) is 11.6 Å². The second-order valence-electron chi connectivity index (χ2n) is 5.23. The van der Waals surface area contributed by atoms with Crippen molar-refractivity contribution in [1.29, 1.82) is 0 Å². The number of rotatable bonds is 5. The van der Waals surface area contributed by atoms with E-state index in [9.17, 15) is 0 Å². The van der Waals surface area contributed by atoms with Gasteiger partial charge in [-0.05, 0) is 37.4 Å². The van der Waals surface area contributed by atoms with Crippen LogP contribution in [0.2, 0.25) is 5.02 Å². The molecule has 1 aliphatic heterocycles. The van der Waals surface area contributed by atoms with Crippen molar-refractivity contribution >= 4 is 17.4 Å². The molecule has 4 heteroatoms. The Morgan fingerprint density at radius 1 is 1.26 bits per heavy atom. The fourth-order valence-corrected chi connectivity index (χ4v) is 2.80. The van der Waals surface area contributed by atoms with E-state index in [2.05, 4.69) is 28.2 Å². The topological polar surface area (TPSA) is 28.2 Å². The van der Waals surface area contributed by atoms with Crippen LogP contribution in [0.4, 0.5) is 5.82 Å². The lowest BCUT2D eigenvalue weighted by atomic mass is 10.2. The zero-order valence-electron chi connectivity index (χ0n) is 11.8. The molecule has 1 aromatic heterocycles. The molecule has 0 saturated carbocycles. The zero-order chi connectivity index (χ0) is 13.5. The maximum Gasteiger partial charge on any atom is 0.147 e. The summed E-state index contributed by atoms with van der Waals surface area (Å²) >= 11 is 6.40. The molecule has 1 aliphatic rings. The molecule has 2 heterocycles. The zero-order valence-corrected chi connectivity index (χ0v) is 12.5. The Balaban J connectivity index is 2.01. The molecular weight excluding hydrogens is 258 g/mol. The van der Waals surface area contributed by atoms with Crippen molar-refractivity contribution in [2.24, 2.45) is 0 Å². The van der Waals surface area contributed by atoms with Crippen LogP contribution in [-0.4, -0.2) is 24.6 Å². The Hall–Kier alpha value is -0.800. The second kappa shape index (κ2) is 7.71. The molecule has 19 heavy (non-hydrogen) atoms. The fraction of sp³-hybridized carbons (Fsp3) is 0.667. The molecule has 2 rings (SSSR count). The summed E-state index contributed by atoms with van der Waals surface area (Å²) in [5.74, 6) is 0.961. The first-order valence-electron chi connectivity index (χ1n) is 7.41. The van der Waals surface area contributed by atoms with Crippen molar-refractivity contribution in [2.45, 2.75) is 45.6 Å². The van der Waals surface area contributed by atoms with Gasteiger partial charge in [-0.15, -0.1) is 0 Å². The van der Waals surface area contributed by atoms with E-state index in [1.807, 2.05) is 6.20 Å². The highest BCUT2D eigenvalue weighted by Crippen LogP contribution is 2.26. The van der Waals surface area contributed by atoms with Gasteiger partial charge in [0.1, 0.15) is 5.82 Å². The number of nitrogens with one attached hydrogen (secondary N) is 1. The van der Waals surface area contributed by atoms with Crippen LogP contribution in [0.1, 0.15) is 44.6 Å². The average molecular weight is 282 g/mol. The predicted octanol–water partition coefficient (Wildman–Crippen LogP) is 3.62. The van der Waals surface area contributed by atoms with Gasteiger partial charge >= 0.3 is 0 Å². The smallest absolute Gasteiger partial charge is 0.147 e. The first-order chi connectivity index (χ1) is 9.31. The maximum atomic E-state index is 6.40. The molecule has 106 valence electrons. The first-order valence-corrected chi connectivity index (χ1v) is 7.79. The number of pyridine rings is 1. The van der Waals surface area contributed by atoms with E-state index in [1.165, 1.54) is 25.7 Å². The van der Waals surface area contributed by atoms with Gasteiger partial charge in [-0.3, -0.25) is 0 Å². The minimum atomic E-state index is 0.790. The van der Waals surface area contributed by atoms with Crippen molar-refractivity contribution in [1.82, 2.24) is 10.3 Å². The average Bonchev–Trinajstić information content (AvgIpc) is 2.68. The van der Waals surface area contributed by atoms with E-state index in [1.54, 1.807) is 0 Å². The highest BCUT2D eigenvalue weighted by atomic mass is 35.5. The number of hydrogen-bond acceptors (Lipinski definition) is 3. The normalized spacial score (nSPS) is 16.4. The van der Waals surface area contributed by atoms with Gasteiger partial charge < -0.3 is 10.2 Å². The number of aromatic nitrogens is 1. The molecule has 0 unspecified atom stereocenters. The van der Waals surface area contributed by atoms with E-state index in [-0.39, 0.29) is 0 Å². The predicted molar refractivity (Wildman–Crippen MR) is 81.9 cm³/mol. The summed E-state index contributed by atoms with van der Waals surface area (Å²) in [5, 5.41) is 4.16. The Labute approximate surface area is 121 Å². The summed E-state index contributed by atoms with van der Waals surface area (Å²) in [4.78, 5) is 6.91. The van der Waals surface area contributed by atoms with E-state index < -0.39 is 0 Å². The molecule has 1 N–H and O–H groups in total. The number of anilines is 1. The van der Waals surface area contributed by atoms with Crippen LogP contribution in [0.5, 0.6) is 0 Å². The van der Waals surface area contributed by atoms with Crippen molar-refractivity contribution in [3.05, 3.63) is 22.8 Å². The molecule has 3 nitrogen and oxygen atoms in total. The third-order valence-corrected chi connectivity index (χ3v) is 3.82. The quantitative estimate of drug-likeness (QED) is 0.836. The van der Waals surface area contributed by atoms with Crippen LogP contribution in [0.25, 0.3) is 0 Å². The molecule has 0 bridgehead atoms. The highest BCUT2D eigenvalue weighted by molar-refractivity contribution is 6.33. The largest absolute Gasteiger partial charge is 0.355 e. The summed E-state index contributed by atoms with van der Waals surface area (Å²) in [6.07, 6.45) is 8.25. The standard InChI is InChI=1S/C15H24ClN3/c1-2-7-17-11-13-10-14(16)15(18-12-13)19-8-5-3-4-6-9-19/h10,12,17H,2-9,11H2,1H3. The molecule has 0 aromatic carbocycles. The van der Waals surface area contributed by atoms with Crippen LogP contribution in [-0.2, 0) is 6.54 Å². The van der Waals surface area contributed by atoms with Gasteiger partial charge in [-0.25, -0.2) is 4.98 Å². The first kappa shape index (κ1) is 14.6. The minimum Gasteiger partial charge on any atom is -0.355 e. The van der Waals surface area contributed by atoms with E-state index in [0.29, 0.717) is 0 Å². The molecular formula is C15H24ClN3. The van der Waals surface area contributed by atoms with Crippen LogP contribution in [0.3, 0.4) is 0 Å². The summed E-state index contributed by atoms with van der Waals surface area (Å²) in [5.41, 5.74) is 1.16. The van der Waals surface area contributed by atoms with Crippen molar-refractivity contribution in [2.75, 3.05) is 24.5 Å². The molecule has 1 saturated heterocycles. The van der Waals surface area contributed by atoms with E-state index in [0.717, 1.165) is 49.0 Å². The van der Waals surface area contributed by atoms with Crippen molar-refractivity contribution in [3.63, 3.8) is 0 Å². The van der Waals surface area contributed by atoms with Crippen LogP contribution < -0.4 is 10.2 Å². The Kier molecular flexibility index (Phi) is 5.93. The monoisotopic (exact) mass is 281 g/mol.